The Morgan fingerprint density at radius 2 is 1.65 bits per heavy atom. The van der Waals surface area contributed by atoms with Gasteiger partial charge in [0.1, 0.15) is 0 Å². The highest BCUT2D eigenvalue weighted by Crippen LogP contribution is 2.30. The van der Waals surface area contributed by atoms with E-state index in [1.165, 1.54) is 12.4 Å². The van der Waals surface area contributed by atoms with Crippen LogP contribution >= 0.6 is 0 Å². The Hall–Kier alpha value is -2.81. The van der Waals surface area contributed by atoms with Gasteiger partial charge < -0.3 is 0 Å². The lowest BCUT2D eigenvalue weighted by molar-refractivity contribution is -0.137. The van der Waals surface area contributed by atoms with Crippen LogP contribution in [0.25, 0.3) is 0 Å². The van der Waals surface area contributed by atoms with Gasteiger partial charge in [0.15, 0.2) is 0 Å². The van der Waals surface area contributed by atoms with Crippen LogP contribution in [-0.4, -0.2) is 18.2 Å². The summed E-state index contributed by atoms with van der Waals surface area (Å²) in [6, 6.07) is 12.8. The first-order valence-corrected chi connectivity index (χ1v) is 8.99. The molecular formula is C17H14F3N3O2S. The fourth-order valence-corrected chi connectivity index (χ4v) is 3.34. The second-order valence-electron chi connectivity index (χ2n) is 5.54. The molecule has 136 valence electrons. The summed E-state index contributed by atoms with van der Waals surface area (Å²) in [4.78, 5) is -0.263. The van der Waals surface area contributed by atoms with Gasteiger partial charge in [-0.05, 0) is 29.8 Å². The van der Waals surface area contributed by atoms with E-state index in [9.17, 15) is 21.6 Å². The molecule has 0 atom stereocenters. The lowest BCUT2D eigenvalue weighted by Gasteiger charge is -2.09. The Bertz CT molecular complexity index is 982. The summed E-state index contributed by atoms with van der Waals surface area (Å²) in [6.45, 7) is 0.461. The van der Waals surface area contributed by atoms with Crippen molar-refractivity contribution in [1.29, 1.82) is 0 Å². The van der Waals surface area contributed by atoms with Crippen molar-refractivity contribution >= 4 is 15.7 Å². The molecule has 26 heavy (non-hydrogen) atoms. The lowest BCUT2D eigenvalue weighted by Crippen LogP contribution is -2.13. The van der Waals surface area contributed by atoms with E-state index in [1.807, 2.05) is 30.3 Å². The van der Waals surface area contributed by atoms with Gasteiger partial charge in [0, 0.05) is 6.20 Å². The zero-order chi connectivity index (χ0) is 18.8. The molecule has 5 nitrogen and oxygen atoms in total. The number of sulfonamides is 1. The number of aromatic nitrogens is 2. The van der Waals surface area contributed by atoms with Crippen molar-refractivity contribution in [1.82, 2.24) is 9.78 Å². The summed E-state index contributed by atoms with van der Waals surface area (Å²) in [5.74, 6) is 0. The third-order valence-corrected chi connectivity index (χ3v) is 4.96. The third kappa shape index (κ3) is 4.23. The number of rotatable bonds is 5. The summed E-state index contributed by atoms with van der Waals surface area (Å²) >= 11 is 0. The smallest absolute Gasteiger partial charge is 0.276 e. The molecule has 0 aliphatic carbocycles. The van der Waals surface area contributed by atoms with Crippen LogP contribution < -0.4 is 4.72 Å². The molecule has 3 aromatic rings. The first-order valence-electron chi connectivity index (χ1n) is 7.50. The summed E-state index contributed by atoms with van der Waals surface area (Å²) in [7, 11) is -4.01. The summed E-state index contributed by atoms with van der Waals surface area (Å²) in [5, 5.41) is 4.08. The quantitative estimate of drug-likeness (QED) is 0.732. The normalized spacial score (nSPS) is 12.1. The topological polar surface area (TPSA) is 64.0 Å². The zero-order valence-electron chi connectivity index (χ0n) is 13.3. The molecule has 0 saturated carbocycles. The van der Waals surface area contributed by atoms with E-state index in [2.05, 4.69) is 9.82 Å². The van der Waals surface area contributed by atoms with Crippen molar-refractivity contribution in [2.45, 2.75) is 17.6 Å². The minimum atomic E-state index is -4.52. The number of halogens is 3. The maximum atomic E-state index is 12.6. The zero-order valence-corrected chi connectivity index (χ0v) is 14.1. The average Bonchev–Trinajstić information content (AvgIpc) is 3.01. The van der Waals surface area contributed by atoms with Crippen LogP contribution in [0.4, 0.5) is 18.9 Å². The fraction of sp³-hybridized carbons (Fsp3) is 0.118. The van der Waals surface area contributed by atoms with E-state index in [1.54, 1.807) is 4.68 Å². The minimum absolute atomic E-state index is 0.223. The first-order chi connectivity index (χ1) is 12.2. The molecule has 2 aromatic carbocycles. The number of nitrogens with zero attached hydrogens (tertiary/aromatic N) is 2. The molecule has 1 heterocycles. The third-order valence-electron chi connectivity index (χ3n) is 3.56. The summed E-state index contributed by atoms with van der Waals surface area (Å²) < 4.78 is 66.2. The van der Waals surface area contributed by atoms with Crippen LogP contribution in [0.5, 0.6) is 0 Å². The second kappa shape index (κ2) is 6.83. The predicted octanol–water partition coefficient (Wildman–Crippen LogP) is 3.75. The van der Waals surface area contributed by atoms with Gasteiger partial charge in [-0.1, -0.05) is 30.3 Å². The molecule has 0 amide bonds. The molecule has 0 unspecified atom stereocenters. The molecule has 1 N–H and O–H groups in total. The number of hydrogen-bond donors (Lipinski definition) is 1. The van der Waals surface area contributed by atoms with Crippen molar-refractivity contribution in [2.24, 2.45) is 0 Å². The molecule has 0 saturated heterocycles. The Morgan fingerprint density at radius 3 is 2.27 bits per heavy atom. The molecule has 0 radical (unpaired) electrons. The Balaban J connectivity index is 1.74. The first kappa shape index (κ1) is 18.0. The maximum Gasteiger partial charge on any atom is 0.416 e. The number of hydrogen-bond acceptors (Lipinski definition) is 3. The maximum absolute atomic E-state index is 12.6. The second-order valence-corrected chi connectivity index (χ2v) is 7.22. The van der Waals surface area contributed by atoms with E-state index in [0.29, 0.717) is 6.54 Å². The van der Waals surface area contributed by atoms with Gasteiger partial charge in [-0.3, -0.25) is 9.40 Å². The number of alkyl halides is 3. The molecule has 0 aliphatic heterocycles. The van der Waals surface area contributed by atoms with Gasteiger partial charge in [-0.15, -0.1) is 0 Å². The largest absolute Gasteiger partial charge is 0.416 e. The molecule has 0 spiro atoms. The molecular weight excluding hydrogens is 367 g/mol. The molecule has 0 bridgehead atoms. The summed E-state index contributed by atoms with van der Waals surface area (Å²) in [5.41, 5.74) is 0.306. The SMILES string of the molecule is O=S(=O)(Nc1cnn(Cc2ccccc2)c1)c1ccc(C(F)(F)F)cc1. The van der Waals surface area contributed by atoms with E-state index in [-0.39, 0.29) is 10.6 Å². The van der Waals surface area contributed by atoms with Crippen LogP contribution in [0.1, 0.15) is 11.1 Å². The predicted molar refractivity (Wildman–Crippen MR) is 90.0 cm³/mol. The highest BCUT2D eigenvalue weighted by Gasteiger charge is 2.30. The van der Waals surface area contributed by atoms with Crippen molar-refractivity contribution < 1.29 is 21.6 Å². The minimum Gasteiger partial charge on any atom is -0.276 e. The Kier molecular flexibility index (Phi) is 4.73. The van der Waals surface area contributed by atoms with Gasteiger partial charge >= 0.3 is 6.18 Å². The van der Waals surface area contributed by atoms with Gasteiger partial charge in [-0.2, -0.15) is 18.3 Å². The Morgan fingerprint density at radius 1 is 1.00 bits per heavy atom. The van der Waals surface area contributed by atoms with E-state index in [0.717, 1.165) is 29.8 Å². The highest BCUT2D eigenvalue weighted by atomic mass is 32.2. The van der Waals surface area contributed by atoms with Crippen molar-refractivity contribution in [3.05, 3.63) is 78.1 Å². The van der Waals surface area contributed by atoms with Crippen LogP contribution in [0, 0.1) is 0 Å². The average molecular weight is 381 g/mol. The molecule has 0 aliphatic rings. The van der Waals surface area contributed by atoms with Crippen LogP contribution in [-0.2, 0) is 22.7 Å². The van der Waals surface area contributed by atoms with E-state index in [4.69, 9.17) is 0 Å². The van der Waals surface area contributed by atoms with Crippen LogP contribution in [0.15, 0.2) is 71.9 Å². The monoisotopic (exact) mass is 381 g/mol. The number of benzene rings is 2. The van der Waals surface area contributed by atoms with Crippen LogP contribution in [0.2, 0.25) is 0 Å². The van der Waals surface area contributed by atoms with Crippen molar-refractivity contribution in [3.8, 4) is 0 Å². The fourth-order valence-electron chi connectivity index (χ4n) is 2.31. The molecule has 3 rings (SSSR count). The number of nitrogens with one attached hydrogen (secondary N) is 1. The number of anilines is 1. The Labute approximate surface area is 148 Å². The van der Waals surface area contributed by atoms with Gasteiger partial charge in [0.05, 0.1) is 28.9 Å². The van der Waals surface area contributed by atoms with Crippen molar-refractivity contribution in [3.63, 3.8) is 0 Å². The van der Waals surface area contributed by atoms with Gasteiger partial charge in [0.25, 0.3) is 10.0 Å². The summed E-state index contributed by atoms with van der Waals surface area (Å²) in [6.07, 6.45) is -1.67. The highest BCUT2D eigenvalue weighted by molar-refractivity contribution is 7.92. The van der Waals surface area contributed by atoms with Gasteiger partial charge in [0.2, 0.25) is 0 Å². The van der Waals surface area contributed by atoms with E-state index >= 15 is 0 Å². The standard InChI is InChI=1S/C17H14F3N3O2S/c18-17(19,20)14-6-8-16(9-7-14)26(24,25)22-15-10-21-23(12-15)11-13-4-2-1-3-5-13/h1-10,12,22H,11H2. The van der Waals surface area contributed by atoms with E-state index < -0.39 is 21.8 Å². The lowest BCUT2D eigenvalue weighted by atomic mass is 10.2. The van der Waals surface area contributed by atoms with Crippen molar-refractivity contribution in [2.75, 3.05) is 4.72 Å². The van der Waals surface area contributed by atoms with Gasteiger partial charge in [-0.25, -0.2) is 8.42 Å². The molecule has 1 aromatic heterocycles. The van der Waals surface area contributed by atoms with Crippen LogP contribution in [0.3, 0.4) is 0 Å². The molecule has 9 heteroatoms. The molecule has 0 fully saturated rings.